The van der Waals surface area contributed by atoms with Gasteiger partial charge in [0, 0.05) is 29.1 Å². The molecule has 3 nitrogen and oxygen atoms in total. The second-order valence-corrected chi connectivity index (χ2v) is 4.72. The van der Waals surface area contributed by atoms with Crippen molar-refractivity contribution in [2.24, 2.45) is 0 Å². The largest absolute Gasteiger partial charge is 0.461 e. The average Bonchev–Trinajstić information content (AvgIpc) is 2.93. The van der Waals surface area contributed by atoms with E-state index in [2.05, 4.69) is 16.4 Å². The first-order valence-electron chi connectivity index (χ1n) is 5.45. The normalized spacial score (nSPS) is 10.9. The fourth-order valence-corrected chi connectivity index (χ4v) is 2.44. The van der Waals surface area contributed by atoms with Crippen molar-refractivity contribution in [3.63, 3.8) is 0 Å². The lowest BCUT2D eigenvalue weighted by molar-refractivity contribution is 0.573. The Labute approximate surface area is 103 Å². The van der Waals surface area contributed by atoms with Gasteiger partial charge in [-0.25, -0.2) is 4.98 Å². The van der Waals surface area contributed by atoms with Crippen molar-refractivity contribution >= 4 is 27.4 Å². The van der Waals surface area contributed by atoms with Gasteiger partial charge in [0.15, 0.2) is 5.13 Å². The lowest BCUT2D eigenvalue weighted by Crippen LogP contribution is -1.99. The Morgan fingerprint density at radius 3 is 3.06 bits per heavy atom. The number of thiazole rings is 1. The van der Waals surface area contributed by atoms with Gasteiger partial charge in [0.25, 0.3) is 0 Å². The number of aromatic nitrogens is 1. The second-order valence-electron chi connectivity index (χ2n) is 3.82. The van der Waals surface area contributed by atoms with E-state index in [1.54, 1.807) is 17.5 Å². The summed E-state index contributed by atoms with van der Waals surface area (Å²) in [7, 11) is 0. The highest BCUT2D eigenvalue weighted by molar-refractivity contribution is 7.13. The maximum Gasteiger partial charge on any atom is 0.182 e. The summed E-state index contributed by atoms with van der Waals surface area (Å²) in [5.41, 5.74) is 2.15. The molecule has 0 aliphatic heterocycles. The number of fused-ring (bicyclic) bond motifs is 1. The standard InChI is InChI=1S/C13H12N2OS/c1-9-11(8-15-13-14-6-7-17-13)10-4-2-3-5-12(10)16-9/h2-7H,8H2,1H3,(H,14,15). The Morgan fingerprint density at radius 2 is 2.24 bits per heavy atom. The molecule has 1 aromatic carbocycles. The van der Waals surface area contributed by atoms with Crippen LogP contribution in [-0.2, 0) is 6.54 Å². The first-order valence-corrected chi connectivity index (χ1v) is 6.33. The van der Waals surface area contributed by atoms with E-state index in [4.69, 9.17) is 4.42 Å². The summed E-state index contributed by atoms with van der Waals surface area (Å²) in [4.78, 5) is 4.20. The Morgan fingerprint density at radius 1 is 1.35 bits per heavy atom. The van der Waals surface area contributed by atoms with Gasteiger partial charge >= 0.3 is 0 Å². The van der Waals surface area contributed by atoms with Crippen molar-refractivity contribution in [1.82, 2.24) is 4.98 Å². The molecule has 0 saturated carbocycles. The van der Waals surface area contributed by atoms with E-state index in [1.165, 1.54) is 10.9 Å². The molecule has 0 saturated heterocycles. The Hall–Kier alpha value is -1.81. The van der Waals surface area contributed by atoms with Crippen LogP contribution in [0.2, 0.25) is 0 Å². The van der Waals surface area contributed by atoms with Gasteiger partial charge in [0.2, 0.25) is 0 Å². The Kier molecular flexibility index (Phi) is 2.57. The Bertz CT molecular complexity index is 628. The number of nitrogens with zero attached hydrogens (tertiary/aromatic N) is 1. The monoisotopic (exact) mass is 244 g/mol. The van der Waals surface area contributed by atoms with E-state index in [0.29, 0.717) is 0 Å². The van der Waals surface area contributed by atoms with E-state index in [1.807, 2.05) is 30.5 Å². The molecule has 0 bridgehead atoms. The number of nitrogens with one attached hydrogen (secondary N) is 1. The van der Waals surface area contributed by atoms with Crippen LogP contribution in [0.4, 0.5) is 5.13 Å². The van der Waals surface area contributed by atoms with Crippen molar-refractivity contribution in [3.8, 4) is 0 Å². The zero-order chi connectivity index (χ0) is 11.7. The minimum absolute atomic E-state index is 0.746. The maximum atomic E-state index is 5.71. The van der Waals surface area contributed by atoms with E-state index < -0.39 is 0 Å². The highest BCUT2D eigenvalue weighted by Crippen LogP contribution is 2.26. The molecule has 3 rings (SSSR count). The van der Waals surface area contributed by atoms with E-state index in [-0.39, 0.29) is 0 Å². The summed E-state index contributed by atoms with van der Waals surface area (Å²) >= 11 is 1.60. The van der Waals surface area contributed by atoms with Crippen LogP contribution in [0.3, 0.4) is 0 Å². The molecule has 4 heteroatoms. The molecule has 0 unspecified atom stereocenters. The molecule has 0 atom stereocenters. The summed E-state index contributed by atoms with van der Waals surface area (Å²) in [6, 6.07) is 8.10. The summed E-state index contributed by atoms with van der Waals surface area (Å²) in [5.74, 6) is 0.968. The number of para-hydroxylation sites is 1. The zero-order valence-corrected chi connectivity index (χ0v) is 10.3. The molecule has 0 fully saturated rings. The fourth-order valence-electron chi connectivity index (χ4n) is 1.92. The molecule has 17 heavy (non-hydrogen) atoms. The van der Waals surface area contributed by atoms with Gasteiger partial charge in [-0.05, 0) is 13.0 Å². The van der Waals surface area contributed by atoms with Crippen molar-refractivity contribution in [2.45, 2.75) is 13.5 Å². The number of hydrogen-bond acceptors (Lipinski definition) is 4. The van der Waals surface area contributed by atoms with Crippen LogP contribution in [0.1, 0.15) is 11.3 Å². The highest BCUT2D eigenvalue weighted by Gasteiger charge is 2.09. The van der Waals surface area contributed by atoms with Gasteiger partial charge in [-0.3, -0.25) is 0 Å². The van der Waals surface area contributed by atoms with Gasteiger partial charge in [0.05, 0.1) is 0 Å². The predicted molar refractivity (Wildman–Crippen MR) is 70.4 cm³/mol. The molecule has 2 heterocycles. The molecule has 0 aliphatic carbocycles. The third-order valence-corrected chi connectivity index (χ3v) is 3.48. The molecule has 1 N–H and O–H groups in total. The molecule has 0 spiro atoms. The van der Waals surface area contributed by atoms with Crippen molar-refractivity contribution < 1.29 is 4.42 Å². The quantitative estimate of drug-likeness (QED) is 0.761. The first-order chi connectivity index (χ1) is 8.34. The second kappa shape index (κ2) is 4.22. The van der Waals surface area contributed by atoms with Gasteiger partial charge in [0.1, 0.15) is 11.3 Å². The third-order valence-electron chi connectivity index (χ3n) is 2.75. The van der Waals surface area contributed by atoms with Crippen LogP contribution in [-0.4, -0.2) is 4.98 Å². The molecule has 86 valence electrons. The van der Waals surface area contributed by atoms with Crippen molar-refractivity contribution in [3.05, 3.63) is 47.2 Å². The average molecular weight is 244 g/mol. The number of aryl methyl sites for hydroxylation is 1. The molecular formula is C13H12N2OS. The maximum absolute atomic E-state index is 5.71. The zero-order valence-electron chi connectivity index (χ0n) is 9.43. The van der Waals surface area contributed by atoms with E-state index >= 15 is 0 Å². The summed E-state index contributed by atoms with van der Waals surface area (Å²) < 4.78 is 5.71. The predicted octanol–water partition coefficient (Wildman–Crippen LogP) is 3.81. The van der Waals surface area contributed by atoms with Gasteiger partial charge in [-0.2, -0.15) is 0 Å². The number of anilines is 1. The molecule has 3 aromatic rings. The SMILES string of the molecule is Cc1oc2ccccc2c1CNc1nccs1. The molecule has 0 radical (unpaired) electrons. The lowest BCUT2D eigenvalue weighted by Gasteiger charge is -2.01. The molecule has 0 aliphatic rings. The van der Waals surface area contributed by atoms with Crippen LogP contribution < -0.4 is 5.32 Å². The highest BCUT2D eigenvalue weighted by atomic mass is 32.1. The smallest absolute Gasteiger partial charge is 0.182 e. The summed E-state index contributed by atoms with van der Waals surface area (Å²) in [6.07, 6.45) is 1.80. The lowest BCUT2D eigenvalue weighted by atomic mass is 10.1. The third kappa shape index (κ3) is 1.91. The van der Waals surface area contributed by atoms with Crippen LogP contribution >= 0.6 is 11.3 Å². The van der Waals surface area contributed by atoms with Crippen LogP contribution in [0.25, 0.3) is 11.0 Å². The van der Waals surface area contributed by atoms with Gasteiger partial charge < -0.3 is 9.73 Å². The van der Waals surface area contributed by atoms with Crippen LogP contribution in [0, 0.1) is 6.92 Å². The van der Waals surface area contributed by atoms with Crippen molar-refractivity contribution in [2.75, 3.05) is 5.32 Å². The fraction of sp³-hybridized carbons (Fsp3) is 0.154. The van der Waals surface area contributed by atoms with E-state index in [9.17, 15) is 0 Å². The number of rotatable bonds is 3. The van der Waals surface area contributed by atoms with Crippen LogP contribution in [0.5, 0.6) is 0 Å². The minimum atomic E-state index is 0.746. The summed E-state index contributed by atoms with van der Waals surface area (Å²) in [6.45, 7) is 2.75. The van der Waals surface area contributed by atoms with Crippen molar-refractivity contribution in [1.29, 1.82) is 0 Å². The Balaban J connectivity index is 1.92. The number of hydrogen-bond donors (Lipinski definition) is 1. The molecular weight excluding hydrogens is 232 g/mol. The summed E-state index contributed by atoms with van der Waals surface area (Å²) in [5, 5.41) is 7.38. The van der Waals surface area contributed by atoms with Crippen LogP contribution in [0.15, 0.2) is 40.3 Å². The molecule has 0 amide bonds. The molecule has 2 aromatic heterocycles. The van der Waals surface area contributed by atoms with Gasteiger partial charge in [-0.15, -0.1) is 11.3 Å². The minimum Gasteiger partial charge on any atom is -0.461 e. The van der Waals surface area contributed by atoms with Gasteiger partial charge in [-0.1, -0.05) is 18.2 Å². The number of benzene rings is 1. The topological polar surface area (TPSA) is 38.1 Å². The van der Waals surface area contributed by atoms with E-state index in [0.717, 1.165) is 23.0 Å². The first kappa shape index (κ1) is 10.4. The number of furan rings is 1.